The Bertz CT molecular complexity index is 1350. The molecule has 3 heterocycles. The lowest BCUT2D eigenvalue weighted by molar-refractivity contribution is -0.384. The molecule has 0 radical (unpaired) electrons. The van der Waals surface area contributed by atoms with Crippen LogP contribution in [0.5, 0.6) is 11.5 Å². The lowest BCUT2D eigenvalue weighted by Gasteiger charge is -2.11. The van der Waals surface area contributed by atoms with E-state index in [1.807, 2.05) is 0 Å². The number of sulfone groups is 1. The van der Waals surface area contributed by atoms with Crippen LogP contribution in [-0.4, -0.2) is 35.8 Å². The van der Waals surface area contributed by atoms with Gasteiger partial charge in [-0.3, -0.25) is 14.9 Å². The number of nitrogens with one attached hydrogen (secondary N) is 1. The monoisotopic (exact) mass is 442 g/mol. The Morgan fingerprint density at radius 3 is 2.58 bits per heavy atom. The number of non-ortho nitro benzene ring substituents is 1. The molecule has 0 atom stereocenters. The number of anilines is 1. The van der Waals surface area contributed by atoms with Gasteiger partial charge in [0, 0.05) is 23.3 Å². The molecule has 5 rings (SSSR count). The first-order valence-corrected chi connectivity index (χ1v) is 10.9. The van der Waals surface area contributed by atoms with Crippen LogP contribution in [-0.2, 0) is 21.3 Å². The second kappa shape index (κ2) is 6.80. The number of rotatable bonds is 4. The number of fused-ring (bicyclic) bond motifs is 2. The first-order chi connectivity index (χ1) is 14.8. The number of hydrogen-bond acceptors (Lipinski definition) is 8. The third-order valence-corrected chi connectivity index (χ3v) is 6.40. The van der Waals surface area contributed by atoms with E-state index in [2.05, 4.69) is 10.4 Å². The summed E-state index contributed by atoms with van der Waals surface area (Å²) >= 11 is 0. The van der Waals surface area contributed by atoms with Crippen LogP contribution in [0.1, 0.15) is 21.6 Å². The number of carbonyl (C=O) groups is 1. The normalized spacial score (nSPS) is 15.5. The Balaban J connectivity index is 1.53. The third-order valence-electron chi connectivity index (χ3n) is 4.96. The van der Waals surface area contributed by atoms with Gasteiger partial charge in [0.05, 0.1) is 27.8 Å². The summed E-state index contributed by atoms with van der Waals surface area (Å²) < 4.78 is 36.1. The molecule has 31 heavy (non-hydrogen) atoms. The second-order valence-electron chi connectivity index (χ2n) is 7.01. The van der Waals surface area contributed by atoms with E-state index in [9.17, 15) is 23.3 Å². The fourth-order valence-corrected chi connectivity index (χ4v) is 4.98. The van der Waals surface area contributed by atoms with Crippen molar-refractivity contribution >= 4 is 27.2 Å². The summed E-state index contributed by atoms with van der Waals surface area (Å²) in [4.78, 5) is 23.3. The molecule has 0 bridgehead atoms. The van der Waals surface area contributed by atoms with Gasteiger partial charge in [0.1, 0.15) is 5.82 Å². The van der Waals surface area contributed by atoms with Crippen LogP contribution in [0.3, 0.4) is 0 Å². The standard InChI is InChI=1S/C19H14N4O7S/c24-19(11-1-6-16-17(7-11)30-10-29-16)20-18-14-8-31(27,28)9-15(14)21-22(18)12-2-4-13(5-3-12)23(25)26/h1-7H,8-10H2,(H,20,24). The van der Waals surface area contributed by atoms with Gasteiger partial charge in [-0.25, -0.2) is 13.1 Å². The smallest absolute Gasteiger partial charge is 0.269 e. The van der Waals surface area contributed by atoms with Gasteiger partial charge in [0.25, 0.3) is 11.6 Å². The predicted octanol–water partition coefficient (Wildman–Crippen LogP) is 2.19. The number of aromatic nitrogens is 2. The van der Waals surface area contributed by atoms with Crippen molar-refractivity contribution in [2.45, 2.75) is 11.5 Å². The quantitative estimate of drug-likeness (QED) is 0.478. The zero-order valence-corrected chi connectivity index (χ0v) is 16.6. The van der Waals surface area contributed by atoms with Gasteiger partial charge in [0.15, 0.2) is 21.3 Å². The van der Waals surface area contributed by atoms with Crippen LogP contribution in [0.25, 0.3) is 5.69 Å². The van der Waals surface area contributed by atoms with Crippen LogP contribution < -0.4 is 14.8 Å². The summed E-state index contributed by atoms with van der Waals surface area (Å²) in [6.07, 6.45) is 0. The summed E-state index contributed by atoms with van der Waals surface area (Å²) in [5.74, 6) is 0.172. The number of nitro benzene ring substituents is 1. The van der Waals surface area contributed by atoms with E-state index < -0.39 is 20.7 Å². The number of carbonyl (C=O) groups excluding carboxylic acids is 1. The average Bonchev–Trinajstić information content (AvgIpc) is 3.40. The first-order valence-electron chi connectivity index (χ1n) is 9.08. The Kier molecular flexibility index (Phi) is 4.18. The van der Waals surface area contributed by atoms with Crippen LogP contribution in [0.15, 0.2) is 42.5 Å². The summed E-state index contributed by atoms with van der Waals surface area (Å²) in [7, 11) is -3.36. The molecule has 0 aliphatic carbocycles. The summed E-state index contributed by atoms with van der Waals surface area (Å²) in [5, 5.41) is 18.0. The fourth-order valence-electron chi connectivity index (χ4n) is 3.49. The highest BCUT2D eigenvalue weighted by Gasteiger charge is 2.33. The van der Waals surface area contributed by atoms with Crippen LogP contribution in [0, 0.1) is 10.1 Å². The summed E-state index contributed by atoms with van der Waals surface area (Å²) in [5.41, 5.74) is 1.36. The number of hydrogen-bond donors (Lipinski definition) is 1. The van der Waals surface area contributed by atoms with E-state index in [0.29, 0.717) is 28.4 Å². The van der Waals surface area contributed by atoms with E-state index in [1.54, 1.807) is 12.1 Å². The van der Waals surface area contributed by atoms with Crippen molar-refractivity contribution in [3.05, 3.63) is 69.4 Å². The van der Waals surface area contributed by atoms with Gasteiger partial charge >= 0.3 is 0 Å². The molecule has 1 amide bonds. The molecule has 2 aliphatic heterocycles. The highest BCUT2D eigenvalue weighted by atomic mass is 32.2. The second-order valence-corrected chi connectivity index (χ2v) is 9.08. The van der Waals surface area contributed by atoms with Crippen molar-refractivity contribution in [1.29, 1.82) is 0 Å². The number of benzene rings is 2. The van der Waals surface area contributed by atoms with E-state index in [0.717, 1.165) is 0 Å². The number of ether oxygens (including phenoxy) is 2. The van der Waals surface area contributed by atoms with E-state index in [1.165, 1.54) is 35.0 Å². The third kappa shape index (κ3) is 3.36. The zero-order valence-electron chi connectivity index (χ0n) is 15.8. The van der Waals surface area contributed by atoms with Gasteiger partial charge in [0.2, 0.25) is 6.79 Å². The molecule has 158 valence electrons. The minimum Gasteiger partial charge on any atom is -0.454 e. The molecule has 1 N–H and O–H groups in total. The van der Waals surface area contributed by atoms with Gasteiger partial charge in [-0.1, -0.05) is 0 Å². The summed E-state index contributed by atoms with van der Waals surface area (Å²) in [6, 6.07) is 10.3. The maximum Gasteiger partial charge on any atom is 0.269 e. The van der Waals surface area contributed by atoms with Gasteiger partial charge in [-0.2, -0.15) is 5.10 Å². The molecule has 0 spiro atoms. The molecule has 0 saturated carbocycles. The number of nitrogens with zero attached hydrogens (tertiary/aromatic N) is 3. The van der Waals surface area contributed by atoms with E-state index in [-0.39, 0.29) is 35.4 Å². The molecule has 11 nitrogen and oxygen atoms in total. The van der Waals surface area contributed by atoms with Gasteiger partial charge in [-0.05, 0) is 30.3 Å². The maximum atomic E-state index is 12.9. The minimum atomic E-state index is -3.36. The lowest BCUT2D eigenvalue weighted by Crippen LogP contribution is -2.17. The maximum absolute atomic E-state index is 12.9. The van der Waals surface area contributed by atoms with Crippen molar-refractivity contribution in [2.24, 2.45) is 0 Å². The largest absolute Gasteiger partial charge is 0.454 e. The minimum absolute atomic E-state index is 0.0681. The predicted molar refractivity (Wildman–Crippen MR) is 107 cm³/mol. The van der Waals surface area contributed by atoms with Crippen LogP contribution in [0.4, 0.5) is 11.5 Å². The van der Waals surface area contributed by atoms with Crippen molar-refractivity contribution in [1.82, 2.24) is 9.78 Å². The Morgan fingerprint density at radius 1 is 1.10 bits per heavy atom. The molecule has 2 aromatic carbocycles. The number of nitro groups is 1. The molecule has 12 heteroatoms. The fraction of sp³-hybridized carbons (Fsp3) is 0.158. The molecule has 1 aromatic heterocycles. The van der Waals surface area contributed by atoms with E-state index in [4.69, 9.17) is 9.47 Å². The highest BCUT2D eigenvalue weighted by Crippen LogP contribution is 2.35. The van der Waals surface area contributed by atoms with Crippen LogP contribution in [0.2, 0.25) is 0 Å². The van der Waals surface area contributed by atoms with Crippen molar-refractivity contribution < 1.29 is 27.6 Å². The molecule has 0 saturated heterocycles. The molecule has 0 fully saturated rings. The highest BCUT2D eigenvalue weighted by molar-refractivity contribution is 7.90. The Morgan fingerprint density at radius 2 is 1.84 bits per heavy atom. The summed E-state index contributed by atoms with van der Waals surface area (Å²) in [6.45, 7) is 0.0681. The van der Waals surface area contributed by atoms with Crippen molar-refractivity contribution in [2.75, 3.05) is 12.1 Å². The van der Waals surface area contributed by atoms with Crippen molar-refractivity contribution in [3.63, 3.8) is 0 Å². The molecule has 2 aliphatic rings. The van der Waals surface area contributed by atoms with Gasteiger partial charge < -0.3 is 14.8 Å². The SMILES string of the molecule is O=C(Nc1c2c(nn1-c1ccc([N+](=O)[O-])cc1)CS(=O)(=O)C2)c1ccc2c(c1)OCO2. The topological polar surface area (TPSA) is 143 Å². The molecule has 0 unspecified atom stereocenters. The molecule has 3 aromatic rings. The first kappa shape index (κ1) is 19.1. The van der Waals surface area contributed by atoms with Crippen LogP contribution >= 0.6 is 0 Å². The Hall–Kier alpha value is -3.93. The zero-order chi connectivity index (χ0) is 21.8. The average molecular weight is 442 g/mol. The van der Waals surface area contributed by atoms with Gasteiger partial charge in [-0.15, -0.1) is 0 Å². The molecular formula is C19H14N4O7S. The number of amides is 1. The Labute approximate surface area is 175 Å². The lowest BCUT2D eigenvalue weighted by atomic mass is 10.2. The molecular weight excluding hydrogens is 428 g/mol. The van der Waals surface area contributed by atoms with Crippen molar-refractivity contribution in [3.8, 4) is 17.2 Å². The van der Waals surface area contributed by atoms with E-state index >= 15 is 0 Å².